The minimum absolute atomic E-state index is 0.0181. The van der Waals surface area contributed by atoms with Gasteiger partial charge >= 0.3 is 0 Å². The number of aryl methyl sites for hydroxylation is 2. The van der Waals surface area contributed by atoms with E-state index >= 15 is 0 Å². The topological polar surface area (TPSA) is 67.7 Å². The summed E-state index contributed by atoms with van der Waals surface area (Å²) in [5.74, 6) is 0.550. The average Bonchev–Trinajstić information content (AvgIpc) is 3.46. The van der Waals surface area contributed by atoms with Gasteiger partial charge in [0.2, 0.25) is 5.91 Å². The molecule has 0 bridgehead atoms. The predicted molar refractivity (Wildman–Crippen MR) is 113 cm³/mol. The highest BCUT2D eigenvalue weighted by Gasteiger charge is 2.50. The number of hydrogen-bond acceptors (Lipinski definition) is 4. The van der Waals surface area contributed by atoms with Crippen molar-refractivity contribution in [1.82, 2.24) is 19.6 Å². The highest BCUT2D eigenvalue weighted by atomic mass is 16.5. The first-order valence-electron chi connectivity index (χ1n) is 10.8. The monoisotopic (exact) mass is 410 g/mol. The second-order valence-electron chi connectivity index (χ2n) is 8.20. The zero-order valence-electron chi connectivity index (χ0n) is 18.0. The quantitative estimate of drug-likeness (QED) is 0.734. The van der Waals surface area contributed by atoms with Crippen molar-refractivity contribution in [2.75, 3.05) is 32.8 Å². The van der Waals surface area contributed by atoms with Gasteiger partial charge < -0.3 is 14.5 Å². The molecule has 1 aromatic carbocycles. The lowest BCUT2D eigenvalue weighted by molar-refractivity contribution is -0.135. The highest BCUT2D eigenvalue weighted by Crippen LogP contribution is 2.46. The van der Waals surface area contributed by atoms with Crippen LogP contribution in [-0.4, -0.2) is 64.2 Å². The number of hydrogen-bond donors (Lipinski definition) is 0. The molecule has 4 rings (SSSR count). The molecule has 3 atom stereocenters. The van der Waals surface area contributed by atoms with Crippen LogP contribution in [0, 0.1) is 18.8 Å². The number of amides is 2. The molecule has 2 aliphatic heterocycles. The number of ether oxygens (including phenoxy) is 1. The first-order valence-corrected chi connectivity index (χ1v) is 10.8. The van der Waals surface area contributed by atoms with E-state index in [0.717, 1.165) is 6.54 Å². The van der Waals surface area contributed by atoms with Crippen molar-refractivity contribution in [3.8, 4) is 0 Å². The van der Waals surface area contributed by atoms with Gasteiger partial charge in [-0.05, 0) is 31.9 Å². The molecule has 0 unspecified atom stereocenters. The zero-order chi connectivity index (χ0) is 21.3. The summed E-state index contributed by atoms with van der Waals surface area (Å²) in [6, 6.07) is 8.21. The van der Waals surface area contributed by atoms with E-state index in [-0.39, 0.29) is 36.3 Å². The maximum absolute atomic E-state index is 13.4. The van der Waals surface area contributed by atoms with Crippen LogP contribution < -0.4 is 0 Å². The summed E-state index contributed by atoms with van der Waals surface area (Å²) < 4.78 is 7.10. The molecule has 0 aliphatic carbocycles. The van der Waals surface area contributed by atoms with E-state index < -0.39 is 0 Å². The number of likely N-dealkylation sites (tertiary alicyclic amines) is 2. The first kappa shape index (κ1) is 20.6. The lowest BCUT2D eigenvalue weighted by Crippen LogP contribution is -2.38. The predicted octanol–water partition coefficient (Wildman–Crippen LogP) is 2.52. The van der Waals surface area contributed by atoms with Crippen LogP contribution in [-0.2, 0) is 16.1 Å². The number of carbonyl (C=O) groups excluding carboxylic acids is 2. The Balaban J connectivity index is 1.62. The van der Waals surface area contributed by atoms with Gasteiger partial charge in [0.15, 0.2) is 0 Å². The molecule has 2 saturated heterocycles. The van der Waals surface area contributed by atoms with E-state index in [1.54, 1.807) is 10.9 Å². The second kappa shape index (κ2) is 8.60. The maximum Gasteiger partial charge on any atom is 0.257 e. The van der Waals surface area contributed by atoms with Crippen molar-refractivity contribution in [1.29, 1.82) is 0 Å². The Labute approximate surface area is 177 Å². The molecule has 2 aromatic rings. The van der Waals surface area contributed by atoms with Gasteiger partial charge in [0.05, 0.1) is 17.8 Å². The van der Waals surface area contributed by atoms with Crippen molar-refractivity contribution in [2.24, 2.45) is 11.8 Å². The van der Waals surface area contributed by atoms with Gasteiger partial charge in [-0.2, -0.15) is 5.10 Å². The van der Waals surface area contributed by atoms with E-state index in [1.165, 1.54) is 11.1 Å². The summed E-state index contributed by atoms with van der Waals surface area (Å²) in [5.41, 5.74) is 2.96. The largest absolute Gasteiger partial charge is 0.372 e. The normalized spacial score (nSPS) is 23.1. The summed E-state index contributed by atoms with van der Waals surface area (Å²) in [5, 5.41) is 4.28. The number of nitrogens with zero attached hydrogens (tertiary/aromatic N) is 4. The van der Waals surface area contributed by atoms with Gasteiger partial charge in [0.1, 0.15) is 6.61 Å². The molecule has 1 aromatic heterocycles. The molecule has 7 heteroatoms. The lowest BCUT2D eigenvalue weighted by atomic mass is 9.87. The molecule has 3 heterocycles. The molecule has 2 aliphatic rings. The molecule has 160 valence electrons. The Hall–Kier alpha value is -2.67. The molecule has 0 spiro atoms. The third-order valence-corrected chi connectivity index (χ3v) is 6.42. The van der Waals surface area contributed by atoms with Crippen molar-refractivity contribution in [3.63, 3.8) is 0 Å². The van der Waals surface area contributed by atoms with Crippen molar-refractivity contribution >= 4 is 11.8 Å². The van der Waals surface area contributed by atoms with Gasteiger partial charge in [0, 0.05) is 50.8 Å². The van der Waals surface area contributed by atoms with Gasteiger partial charge in [-0.3, -0.25) is 14.3 Å². The molecule has 7 nitrogen and oxygen atoms in total. The number of carbonyl (C=O) groups is 2. The van der Waals surface area contributed by atoms with Crippen LogP contribution >= 0.6 is 0 Å². The maximum atomic E-state index is 13.4. The fourth-order valence-corrected chi connectivity index (χ4v) is 4.87. The summed E-state index contributed by atoms with van der Waals surface area (Å²) in [6.45, 7) is 9.37. The van der Waals surface area contributed by atoms with E-state index in [2.05, 4.69) is 24.2 Å². The highest BCUT2D eigenvalue weighted by molar-refractivity contribution is 5.94. The minimum atomic E-state index is -0.0430. The number of rotatable bonds is 6. The van der Waals surface area contributed by atoms with Crippen LogP contribution in [0.4, 0.5) is 0 Å². The van der Waals surface area contributed by atoms with Crippen LogP contribution in [0.15, 0.2) is 36.7 Å². The summed E-state index contributed by atoms with van der Waals surface area (Å²) in [6.07, 6.45) is 3.48. The third kappa shape index (κ3) is 3.74. The number of aromatic nitrogens is 2. The van der Waals surface area contributed by atoms with Crippen LogP contribution in [0.2, 0.25) is 0 Å². The molecule has 0 saturated carbocycles. The Morgan fingerprint density at radius 1 is 1.17 bits per heavy atom. The molecule has 0 radical (unpaired) electrons. The smallest absolute Gasteiger partial charge is 0.257 e. The third-order valence-electron chi connectivity index (χ3n) is 6.42. The Kier molecular flexibility index (Phi) is 5.90. The molecule has 2 fully saturated rings. The second-order valence-corrected chi connectivity index (χ2v) is 8.20. The van der Waals surface area contributed by atoms with Crippen molar-refractivity contribution in [2.45, 2.75) is 33.4 Å². The fraction of sp³-hybridized carbons (Fsp3) is 0.522. The Bertz CT molecular complexity index is 925. The molecular weight excluding hydrogens is 380 g/mol. The van der Waals surface area contributed by atoms with E-state index in [1.807, 2.05) is 42.0 Å². The summed E-state index contributed by atoms with van der Waals surface area (Å²) >= 11 is 0. The van der Waals surface area contributed by atoms with Gasteiger partial charge in [0.25, 0.3) is 5.91 Å². The average molecular weight is 411 g/mol. The van der Waals surface area contributed by atoms with Gasteiger partial charge in [-0.1, -0.05) is 24.3 Å². The molecular formula is C23H30N4O3. The number of benzene rings is 1. The van der Waals surface area contributed by atoms with Crippen LogP contribution in [0.5, 0.6) is 0 Å². The van der Waals surface area contributed by atoms with E-state index in [0.29, 0.717) is 31.8 Å². The van der Waals surface area contributed by atoms with Gasteiger partial charge in [-0.25, -0.2) is 0 Å². The summed E-state index contributed by atoms with van der Waals surface area (Å²) in [4.78, 5) is 29.9. The van der Waals surface area contributed by atoms with E-state index in [4.69, 9.17) is 4.74 Å². The Morgan fingerprint density at radius 3 is 2.67 bits per heavy atom. The molecule has 2 amide bonds. The minimum Gasteiger partial charge on any atom is -0.372 e. The van der Waals surface area contributed by atoms with Crippen LogP contribution in [0.3, 0.4) is 0 Å². The molecule has 30 heavy (non-hydrogen) atoms. The zero-order valence-corrected chi connectivity index (χ0v) is 18.0. The number of fused-ring (bicyclic) bond motifs is 1. The standard InChI is InChI=1S/C23H30N4O3/c1-4-26-12-17(10-24-26)23(29)27-13-18-11-25(21(28)15-30-5-2)14-20(18)22(27)19-9-7-6-8-16(19)3/h6-10,12,18,20,22H,4-5,11,13-15H2,1-3H3/t18-,20-,22+/m0/s1. The van der Waals surface area contributed by atoms with Crippen molar-refractivity contribution in [3.05, 3.63) is 53.3 Å². The van der Waals surface area contributed by atoms with Crippen molar-refractivity contribution < 1.29 is 14.3 Å². The fourth-order valence-electron chi connectivity index (χ4n) is 4.87. The van der Waals surface area contributed by atoms with Crippen LogP contribution in [0.1, 0.15) is 41.4 Å². The van der Waals surface area contributed by atoms with Gasteiger partial charge in [-0.15, -0.1) is 0 Å². The lowest BCUT2D eigenvalue weighted by Gasteiger charge is -2.30. The summed E-state index contributed by atoms with van der Waals surface area (Å²) in [7, 11) is 0. The molecule has 0 N–H and O–H groups in total. The first-order chi connectivity index (χ1) is 14.5. The van der Waals surface area contributed by atoms with Crippen LogP contribution in [0.25, 0.3) is 0 Å². The SMILES string of the molecule is CCOCC(=O)N1C[C@H]2CN(C(=O)c3cnn(CC)c3)[C@H](c3ccccc3C)[C@H]2C1. The van der Waals surface area contributed by atoms with E-state index in [9.17, 15) is 9.59 Å². The Morgan fingerprint density at radius 2 is 1.97 bits per heavy atom.